The van der Waals surface area contributed by atoms with Gasteiger partial charge in [-0.1, -0.05) is 0 Å². The van der Waals surface area contributed by atoms with Gasteiger partial charge < -0.3 is 15.3 Å². The van der Waals surface area contributed by atoms with Crippen LogP contribution in [0, 0.1) is 0 Å². The molecule has 0 spiro atoms. The fourth-order valence-corrected chi connectivity index (χ4v) is 1.91. The van der Waals surface area contributed by atoms with Gasteiger partial charge in [0.25, 0.3) is 0 Å². The number of rotatable bonds is 2. The van der Waals surface area contributed by atoms with Gasteiger partial charge in [-0.3, -0.25) is 4.98 Å². The Morgan fingerprint density at radius 3 is 2.75 bits per heavy atom. The first-order valence-electron chi connectivity index (χ1n) is 4.41. The molecular formula is C10H8Br2N2O2. The third-order valence-corrected chi connectivity index (χ3v) is 3.83. The standard InChI is InChI=1S/C10H8Br2N2O2/c11-6-3-8(16-10(6)12)9(15)5-4-14-2-1-7(5)13/h1-4,9,15H,(H2,13,14). The van der Waals surface area contributed by atoms with Crippen molar-refractivity contribution in [1.82, 2.24) is 4.98 Å². The second-order valence-electron chi connectivity index (χ2n) is 3.18. The highest BCUT2D eigenvalue weighted by Crippen LogP contribution is 2.33. The summed E-state index contributed by atoms with van der Waals surface area (Å²) < 4.78 is 6.59. The molecule has 0 radical (unpaired) electrons. The van der Waals surface area contributed by atoms with Crippen molar-refractivity contribution in [2.24, 2.45) is 0 Å². The lowest BCUT2D eigenvalue weighted by Crippen LogP contribution is -2.03. The van der Waals surface area contributed by atoms with Gasteiger partial charge in [0.2, 0.25) is 0 Å². The number of halogens is 2. The number of nitrogens with two attached hydrogens (primary N) is 1. The van der Waals surface area contributed by atoms with Gasteiger partial charge in [-0.05, 0) is 44.0 Å². The Kier molecular flexibility index (Phi) is 3.32. The number of aliphatic hydroxyl groups excluding tert-OH is 1. The maximum atomic E-state index is 10.1. The Balaban J connectivity index is 2.39. The van der Waals surface area contributed by atoms with Gasteiger partial charge in [-0.15, -0.1) is 0 Å². The Hall–Kier alpha value is -0.850. The van der Waals surface area contributed by atoms with Crippen molar-refractivity contribution in [1.29, 1.82) is 0 Å². The first-order valence-corrected chi connectivity index (χ1v) is 6.00. The van der Waals surface area contributed by atoms with E-state index in [1.807, 2.05) is 0 Å². The highest BCUT2D eigenvalue weighted by atomic mass is 79.9. The van der Waals surface area contributed by atoms with Gasteiger partial charge in [-0.25, -0.2) is 0 Å². The van der Waals surface area contributed by atoms with Crippen molar-refractivity contribution in [3.8, 4) is 0 Å². The SMILES string of the molecule is Nc1ccncc1C(O)c1cc(Br)c(Br)o1. The molecule has 2 aromatic heterocycles. The van der Waals surface area contributed by atoms with Crippen LogP contribution in [0.4, 0.5) is 5.69 Å². The van der Waals surface area contributed by atoms with Crippen LogP contribution in [0.15, 0.2) is 38.1 Å². The van der Waals surface area contributed by atoms with E-state index in [2.05, 4.69) is 36.8 Å². The third-order valence-electron chi connectivity index (χ3n) is 2.12. The predicted molar refractivity (Wildman–Crippen MR) is 66.8 cm³/mol. The average Bonchev–Trinajstić information content (AvgIpc) is 2.59. The van der Waals surface area contributed by atoms with Crippen LogP contribution >= 0.6 is 31.9 Å². The first kappa shape index (κ1) is 11.6. The van der Waals surface area contributed by atoms with Crippen molar-refractivity contribution in [3.63, 3.8) is 0 Å². The van der Waals surface area contributed by atoms with Gasteiger partial charge in [0.15, 0.2) is 4.67 Å². The molecule has 2 rings (SSSR count). The molecule has 0 saturated carbocycles. The van der Waals surface area contributed by atoms with Gasteiger partial charge in [0.05, 0.1) is 4.47 Å². The summed E-state index contributed by atoms with van der Waals surface area (Å²) in [4.78, 5) is 3.92. The molecule has 0 aromatic carbocycles. The number of pyridine rings is 1. The zero-order chi connectivity index (χ0) is 11.7. The zero-order valence-electron chi connectivity index (χ0n) is 8.02. The van der Waals surface area contributed by atoms with E-state index >= 15 is 0 Å². The Bertz CT molecular complexity index is 494. The van der Waals surface area contributed by atoms with Crippen LogP contribution in [-0.4, -0.2) is 10.1 Å². The lowest BCUT2D eigenvalue weighted by molar-refractivity contribution is 0.188. The highest BCUT2D eigenvalue weighted by molar-refractivity contribution is 9.13. The van der Waals surface area contributed by atoms with Crippen molar-refractivity contribution >= 4 is 37.5 Å². The van der Waals surface area contributed by atoms with E-state index in [0.717, 1.165) is 4.47 Å². The summed E-state index contributed by atoms with van der Waals surface area (Å²) >= 11 is 6.48. The Morgan fingerprint density at radius 1 is 1.44 bits per heavy atom. The van der Waals surface area contributed by atoms with E-state index in [9.17, 15) is 5.11 Å². The lowest BCUT2D eigenvalue weighted by atomic mass is 10.1. The molecule has 0 saturated heterocycles. The van der Waals surface area contributed by atoms with Crippen LogP contribution in [0.1, 0.15) is 17.4 Å². The van der Waals surface area contributed by atoms with Gasteiger partial charge in [-0.2, -0.15) is 0 Å². The van der Waals surface area contributed by atoms with Gasteiger partial charge in [0, 0.05) is 23.6 Å². The van der Waals surface area contributed by atoms with Crippen LogP contribution in [-0.2, 0) is 0 Å². The summed E-state index contributed by atoms with van der Waals surface area (Å²) in [5, 5.41) is 10.1. The fraction of sp³-hybridized carbons (Fsp3) is 0.100. The molecule has 6 heteroatoms. The molecule has 1 unspecified atom stereocenters. The number of nitrogen functional groups attached to an aromatic ring is 1. The molecule has 3 N–H and O–H groups in total. The average molecular weight is 348 g/mol. The second-order valence-corrected chi connectivity index (χ2v) is 4.75. The summed E-state index contributed by atoms with van der Waals surface area (Å²) in [5.74, 6) is 0.401. The molecule has 16 heavy (non-hydrogen) atoms. The van der Waals surface area contributed by atoms with Crippen LogP contribution in [0.2, 0.25) is 0 Å². The smallest absolute Gasteiger partial charge is 0.183 e. The monoisotopic (exact) mass is 346 g/mol. The maximum absolute atomic E-state index is 10.1. The van der Waals surface area contributed by atoms with Crippen molar-refractivity contribution in [3.05, 3.63) is 45.0 Å². The van der Waals surface area contributed by atoms with E-state index in [0.29, 0.717) is 21.7 Å². The van der Waals surface area contributed by atoms with Crippen molar-refractivity contribution in [2.75, 3.05) is 5.73 Å². The first-order chi connectivity index (χ1) is 7.59. The van der Waals surface area contributed by atoms with E-state index in [1.54, 1.807) is 18.3 Å². The topological polar surface area (TPSA) is 72.3 Å². The predicted octanol–water partition coefficient (Wildman–Crippen LogP) is 2.86. The maximum Gasteiger partial charge on any atom is 0.183 e. The molecule has 2 heterocycles. The Labute approximate surface area is 109 Å². The molecule has 0 bridgehead atoms. The minimum absolute atomic E-state index is 0.401. The summed E-state index contributed by atoms with van der Waals surface area (Å²) in [6, 6.07) is 3.31. The van der Waals surface area contributed by atoms with E-state index in [4.69, 9.17) is 10.2 Å². The summed E-state index contributed by atoms with van der Waals surface area (Å²) in [7, 11) is 0. The van der Waals surface area contributed by atoms with E-state index < -0.39 is 6.10 Å². The normalized spacial score (nSPS) is 12.7. The Morgan fingerprint density at radius 2 is 2.19 bits per heavy atom. The molecule has 0 aliphatic rings. The number of nitrogens with zero attached hydrogens (tertiary/aromatic N) is 1. The highest BCUT2D eigenvalue weighted by Gasteiger charge is 2.19. The van der Waals surface area contributed by atoms with E-state index in [1.165, 1.54) is 6.20 Å². The quantitative estimate of drug-likeness (QED) is 0.876. The molecule has 1 atom stereocenters. The number of anilines is 1. The van der Waals surface area contributed by atoms with Crippen molar-refractivity contribution < 1.29 is 9.52 Å². The molecule has 4 nitrogen and oxygen atoms in total. The van der Waals surface area contributed by atoms with E-state index in [-0.39, 0.29) is 0 Å². The van der Waals surface area contributed by atoms with Crippen LogP contribution < -0.4 is 5.73 Å². The summed E-state index contributed by atoms with van der Waals surface area (Å²) in [6.07, 6.45) is 2.17. The summed E-state index contributed by atoms with van der Waals surface area (Å²) in [6.45, 7) is 0. The fourth-order valence-electron chi connectivity index (χ4n) is 1.30. The number of aromatic nitrogens is 1. The number of aliphatic hydroxyl groups is 1. The van der Waals surface area contributed by atoms with Crippen LogP contribution in [0.25, 0.3) is 0 Å². The zero-order valence-corrected chi connectivity index (χ0v) is 11.2. The van der Waals surface area contributed by atoms with Gasteiger partial charge in [0.1, 0.15) is 11.9 Å². The number of furan rings is 1. The molecule has 0 fully saturated rings. The molecule has 0 amide bonds. The molecule has 2 aromatic rings. The third kappa shape index (κ3) is 2.14. The molecule has 0 aliphatic heterocycles. The molecule has 84 valence electrons. The largest absolute Gasteiger partial charge is 0.450 e. The second kappa shape index (κ2) is 4.57. The molecule has 0 aliphatic carbocycles. The molecular weight excluding hydrogens is 340 g/mol. The minimum atomic E-state index is -0.920. The van der Waals surface area contributed by atoms with Crippen LogP contribution in [0.3, 0.4) is 0 Å². The summed E-state index contributed by atoms with van der Waals surface area (Å²) in [5.41, 5.74) is 6.74. The minimum Gasteiger partial charge on any atom is -0.450 e. The lowest BCUT2D eigenvalue weighted by Gasteiger charge is -2.09. The van der Waals surface area contributed by atoms with Gasteiger partial charge >= 0.3 is 0 Å². The van der Waals surface area contributed by atoms with Crippen molar-refractivity contribution in [2.45, 2.75) is 6.10 Å². The number of hydrogen-bond donors (Lipinski definition) is 2. The number of hydrogen-bond acceptors (Lipinski definition) is 4. The van der Waals surface area contributed by atoms with Crippen LogP contribution in [0.5, 0.6) is 0 Å².